The van der Waals surface area contributed by atoms with Gasteiger partial charge in [0.15, 0.2) is 5.82 Å². The van der Waals surface area contributed by atoms with E-state index in [4.69, 9.17) is 0 Å². The first-order valence-corrected chi connectivity index (χ1v) is 4.83. The quantitative estimate of drug-likeness (QED) is 0.634. The summed E-state index contributed by atoms with van der Waals surface area (Å²) in [5.41, 5.74) is 1.39. The maximum Gasteiger partial charge on any atom is 0.222 e. The lowest BCUT2D eigenvalue weighted by atomic mass is 10.4. The molecule has 0 aliphatic carbocycles. The molecule has 3 aromatic rings. The molecule has 3 heterocycles. The molecule has 0 unspecified atom stereocenters. The number of tetrazole rings is 1. The number of hydrogen-bond donors (Lipinski definition) is 2. The SMILES string of the molecule is c1snnc1-c1ncc(-c2nn[nH]n2)[nH]1. The average molecular weight is 220 g/mol. The van der Waals surface area contributed by atoms with E-state index >= 15 is 0 Å². The molecule has 0 fully saturated rings. The van der Waals surface area contributed by atoms with E-state index in [0.717, 1.165) is 0 Å². The lowest BCUT2D eigenvalue weighted by Crippen LogP contribution is -1.82. The van der Waals surface area contributed by atoms with Gasteiger partial charge >= 0.3 is 0 Å². The predicted octanol–water partition coefficient (Wildman–Crippen LogP) is 0.108. The summed E-state index contributed by atoms with van der Waals surface area (Å²) in [6.07, 6.45) is 1.62. The predicted molar refractivity (Wildman–Crippen MR) is 50.7 cm³/mol. The maximum atomic E-state index is 4.14. The lowest BCUT2D eigenvalue weighted by molar-refractivity contribution is 0.881. The van der Waals surface area contributed by atoms with Crippen LogP contribution in [0.3, 0.4) is 0 Å². The highest BCUT2D eigenvalue weighted by molar-refractivity contribution is 7.03. The Morgan fingerprint density at radius 2 is 2.27 bits per heavy atom. The number of aromatic amines is 2. The van der Waals surface area contributed by atoms with Crippen LogP contribution >= 0.6 is 11.5 Å². The Bertz CT molecular complexity index is 489. The number of rotatable bonds is 2. The van der Waals surface area contributed by atoms with Crippen molar-refractivity contribution >= 4 is 11.5 Å². The molecule has 0 radical (unpaired) electrons. The molecule has 0 amide bonds. The molecule has 0 atom stereocenters. The fourth-order valence-corrected chi connectivity index (χ4v) is 1.55. The molecule has 3 aromatic heterocycles. The topological polar surface area (TPSA) is 109 Å². The monoisotopic (exact) mass is 220 g/mol. The molecule has 0 aromatic carbocycles. The smallest absolute Gasteiger partial charge is 0.222 e. The fourth-order valence-electron chi connectivity index (χ4n) is 1.11. The van der Waals surface area contributed by atoms with Crippen LogP contribution < -0.4 is 0 Å². The Hall–Kier alpha value is -2.16. The van der Waals surface area contributed by atoms with Gasteiger partial charge in [-0.1, -0.05) is 4.49 Å². The van der Waals surface area contributed by atoms with Crippen LogP contribution in [0.5, 0.6) is 0 Å². The van der Waals surface area contributed by atoms with Crippen LogP contribution in [0.2, 0.25) is 0 Å². The summed E-state index contributed by atoms with van der Waals surface area (Å²) in [6, 6.07) is 0. The Kier molecular flexibility index (Phi) is 1.75. The van der Waals surface area contributed by atoms with E-state index in [2.05, 4.69) is 40.2 Å². The lowest BCUT2D eigenvalue weighted by Gasteiger charge is -1.86. The number of nitrogens with one attached hydrogen (secondary N) is 2. The van der Waals surface area contributed by atoms with Crippen LogP contribution in [0.15, 0.2) is 11.6 Å². The number of hydrogen-bond acceptors (Lipinski definition) is 7. The van der Waals surface area contributed by atoms with Crippen LogP contribution in [0.4, 0.5) is 0 Å². The molecule has 0 aliphatic heterocycles. The number of H-pyrrole nitrogens is 2. The molecule has 0 saturated carbocycles. The third kappa shape index (κ3) is 1.38. The molecular weight excluding hydrogens is 216 g/mol. The summed E-state index contributed by atoms with van der Waals surface area (Å²) in [6.45, 7) is 0. The van der Waals surface area contributed by atoms with Gasteiger partial charge in [-0.15, -0.1) is 15.3 Å². The van der Waals surface area contributed by atoms with Crippen molar-refractivity contribution in [3.63, 3.8) is 0 Å². The van der Waals surface area contributed by atoms with Crippen molar-refractivity contribution in [1.29, 1.82) is 0 Å². The van der Waals surface area contributed by atoms with Gasteiger partial charge in [-0.3, -0.25) is 0 Å². The highest BCUT2D eigenvalue weighted by Crippen LogP contribution is 2.17. The Morgan fingerprint density at radius 3 is 3.00 bits per heavy atom. The molecule has 0 spiro atoms. The van der Waals surface area contributed by atoms with E-state index in [1.807, 2.05) is 0 Å². The second-order valence-corrected chi connectivity index (χ2v) is 3.28. The standard InChI is InChI=1S/C6H4N8S/c1-3(6-10-12-13-11-6)8-5(7-1)4-2-15-14-9-4/h1-2H,(H,7,8)(H,10,11,12,13). The summed E-state index contributed by atoms with van der Waals surface area (Å²) in [4.78, 5) is 7.17. The first-order valence-electron chi connectivity index (χ1n) is 4.00. The van der Waals surface area contributed by atoms with Crippen molar-refractivity contribution in [1.82, 2.24) is 40.2 Å². The Balaban J connectivity index is 2.02. The summed E-state index contributed by atoms with van der Waals surface area (Å²) in [5.74, 6) is 1.11. The number of imidazole rings is 1. The van der Waals surface area contributed by atoms with Crippen molar-refractivity contribution in [3.8, 4) is 23.0 Å². The zero-order chi connectivity index (χ0) is 10.1. The van der Waals surface area contributed by atoms with Gasteiger partial charge in [-0.05, 0) is 16.7 Å². The first kappa shape index (κ1) is 8.17. The van der Waals surface area contributed by atoms with Gasteiger partial charge in [-0.2, -0.15) is 5.21 Å². The molecule has 3 rings (SSSR count). The fraction of sp³-hybridized carbons (Fsp3) is 0. The molecule has 2 N–H and O–H groups in total. The Morgan fingerprint density at radius 1 is 1.27 bits per heavy atom. The van der Waals surface area contributed by atoms with Crippen molar-refractivity contribution in [2.45, 2.75) is 0 Å². The molecule has 0 saturated heterocycles. The van der Waals surface area contributed by atoms with Crippen molar-refractivity contribution < 1.29 is 0 Å². The summed E-state index contributed by atoms with van der Waals surface area (Å²) >= 11 is 1.27. The minimum atomic E-state index is 0.469. The van der Waals surface area contributed by atoms with Crippen LogP contribution in [0.1, 0.15) is 0 Å². The van der Waals surface area contributed by atoms with Gasteiger partial charge in [-0.25, -0.2) is 4.98 Å². The minimum Gasteiger partial charge on any atom is -0.334 e. The van der Waals surface area contributed by atoms with Gasteiger partial charge in [0.2, 0.25) is 5.82 Å². The summed E-state index contributed by atoms with van der Waals surface area (Å²) < 4.78 is 3.75. The largest absolute Gasteiger partial charge is 0.334 e. The van der Waals surface area contributed by atoms with Crippen LogP contribution in [0, 0.1) is 0 Å². The molecule has 0 bridgehead atoms. The molecule has 74 valence electrons. The molecule has 0 aliphatic rings. The molecule has 8 nitrogen and oxygen atoms in total. The zero-order valence-corrected chi connectivity index (χ0v) is 8.06. The van der Waals surface area contributed by atoms with Crippen LogP contribution in [-0.2, 0) is 0 Å². The molecule has 15 heavy (non-hydrogen) atoms. The van der Waals surface area contributed by atoms with Crippen molar-refractivity contribution in [2.75, 3.05) is 0 Å². The van der Waals surface area contributed by atoms with Crippen molar-refractivity contribution in [2.24, 2.45) is 0 Å². The second-order valence-electron chi connectivity index (χ2n) is 2.67. The van der Waals surface area contributed by atoms with Gasteiger partial charge in [0.05, 0.1) is 6.20 Å². The van der Waals surface area contributed by atoms with E-state index in [9.17, 15) is 0 Å². The zero-order valence-electron chi connectivity index (χ0n) is 7.25. The minimum absolute atomic E-state index is 0.469. The van der Waals surface area contributed by atoms with E-state index in [0.29, 0.717) is 23.0 Å². The van der Waals surface area contributed by atoms with E-state index in [-0.39, 0.29) is 0 Å². The number of nitrogens with zero attached hydrogens (tertiary/aromatic N) is 6. The average Bonchev–Trinajstić information content (AvgIpc) is 3.02. The maximum absolute atomic E-state index is 4.14. The molecule has 9 heteroatoms. The third-order valence-corrected chi connectivity index (χ3v) is 2.27. The van der Waals surface area contributed by atoms with Crippen molar-refractivity contribution in [3.05, 3.63) is 11.6 Å². The summed E-state index contributed by atoms with van der Waals surface area (Å²) in [5, 5.41) is 19.2. The first-order chi connectivity index (χ1) is 7.43. The van der Waals surface area contributed by atoms with Gasteiger partial charge < -0.3 is 4.98 Å². The van der Waals surface area contributed by atoms with Crippen LogP contribution in [0.25, 0.3) is 23.0 Å². The summed E-state index contributed by atoms with van der Waals surface area (Å²) in [7, 11) is 0. The Labute approximate surface area is 86.9 Å². The second kappa shape index (κ2) is 3.20. The van der Waals surface area contributed by atoms with Gasteiger partial charge in [0, 0.05) is 5.38 Å². The number of aromatic nitrogens is 8. The highest BCUT2D eigenvalue weighted by atomic mass is 32.1. The van der Waals surface area contributed by atoms with E-state index in [1.54, 1.807) is 11.6 Å². The van der Waals surface area contributed by atoms with Gasteiger partial charge in [0.25, 0.3) is 0 Å². The third-order valence-electron chi connectivity index (χ3n) is 1.76. The van der Waals surface area contributed by atoms with E-state index < -0.39 is 0 Å². The molecular formula is C6H4N8S. The highest BCUT2D eigenvalue weighted by Gasteiger charge is 2.09. The van der Waals surface area contributed by atoms with Crippen LogP contribution in [-0.4, -0.2) is 40.2 Å². The normalized spacial score (nSPS) is 10.7. The van der Waals surface area contributed by atoms with E-state index in [1.165, 1.54) is 11.5 Å². The van der Waals surface area contributed by atoms with Gasteiger partial charge in [0.1, 0.15) is 11.4 Å².